The van der Waals surface area contributed by atoms with E-state index < -0.39 is 5.97 Å². The molecule has 0 aliphatic rings. The zero-order valence-electron chi connectivity index (χ0n) is 11.7. The highest BCUT2D eigenvalue weighted by molar-refractivity contribution is 5.85. The molecule has 106 valence electrons. The van der Waals surface area contributed by atoms with Crippen molar-refractivity contribution in [3.63, 3.8) is 0 Å². The number of carboxylic acids is 1. The second kappa shape index (κ2) is 6.23. The molecule has 0 aliphatic heterocycles. The molecule has 1 heterocycles. The Morgan fingerprint density at radius 2 is 2.00 bits per heavy atom. The molecule has 0 fully saturated rings. The van der Waals surface area contributed by atoms with Gasteiger partial charge in [-0.3, -0.25) is 0 Å². The molecule has 2 aromatic rings. The maximum absolute atomic E-state index is 11.0. The highest BCUT2D eigenvalue weighted by Gasteiger charge is 2.13. The van der Waals surface area contributed by atoms with Crippen molar-refractivity contribution in [2.24, 2.45) is 0 Å². The molecule has 0 unspecified atom stereocenters. The minimum Gasteiger partial charge on any atom is -0.494 e. The number of ether oxygens (including phenoxy) is 1. The number of rotatable bonds is 6. The van der Waals surface area contributed by atoms with Crippen LogP contribution in [0.1, 0.15) is 36.5 Å². The molecular formula is C15H18N2O3. The van der Waals surface area contributed by atoms with Crippen LogP contribution in [0.15, 0.2) is 30.3 Å². The van der Waals surface area contributed by atoms with Crippen LogP contribution >= 0.6 is 0 Å². The van der Waals surface area contributed by atoms with E-state index in [9.17, 15) is 4.79 Å². The number of carbonyl (C=O) groups is 1. The molecule has 1 aromatic carbocycles. The average molecular weight is 274 g/mol. The fraction of sp³-hybridized carbons (Fsp3) is 0.333. The Hall–Kier alpha value is -2.30. The van der Waals surface area contributed by atoms with E-state index in [2.05, 4.69) is 12.0 Å². The summed E-state index contributed by atoms with van der Waals surface area (Å²) in [4.78, 5) is 11.0. The van der Waals surface area contributed by atoms with Gasteiger partial charge in [-0.2, -0.15) is 5.10 Å². The van der Waals surface area contributed by atoms with Crippen LogP contribution < -0.4 is 4.74 Å². The molecule has 0 amide bonds. The van der Waals surface area contributed by atoms with Gasteiger partial charge in [0.25, 0.3) is 0 Å². The van der Waals surface area contributed by atoms with Gasteiger partial charge in [-0.1, -0.05) is 13.3 Å². The molecule has 0 atom stereocenters. The Bertz CT molecular complexity index is 588. The standard InChI is InChI=1S/C15H18N2O3/c1-3-5-12-10-14(15(18)19)16-17(12)11-6-8-13(9-7-11)20-4-2/h6-10H,3-5H2,1-2H3,(H,18,19). The Labute approximate surface area is 117 Å². The van der Waals surface area contributed by atoms with Crippen molar-refractivity contribution in [1.29, 1.82) is 0 Å². The number of hydrogen-bond acceptors (Lipinski definition) is 3. The Kier molecular flexibility index (Phi) is 4.40. The summed E-state index contributed by atoms with van der Waals surface area (Å²) in [6.45, 7) is 4.60. The maximum Gasteiger partial charge on any atom is 0.356 e. The van der Waals surface area contributed by atoms with Gasteiger partial charge in [0.1, 0.15) is 5.75 Å². The molecule has 0 saturated heterocycles. The van der Waals surface area contributed by atoms with Gasteiger partial charge in [0.15, 0.2) is 5.69 Å². The number of aryl methyl sites for hydroxylation is 1. The topological polar surface area (TPSA) is 64.3 Å². The highest BCUT2D eigenvalue weighted by Crippen LogP contribution is 2.18. The van der Waals surface area contributed by atoms with Crippen LogP contribution in [-0.4, -0.2) is 27.5 Å². The van der Waals surface area contributed by atoms with E-state index in [1.165, 1.54) is 0 Å². The fourth-order valence-corrected chi connectivity index (χ4v) is 2.03. The van der Waals surface area contributed by atoms with Crippen molar-refractivity contribution >= 4 is 5.97 Å². The first kappa shape index (κ1) is 14.1. The lowest BCUT2D eigenvalue weighted by molar-refractivity contribution is 0.0690. The molecule has 0 radical (unpaired) electrons. The summed E-state index contributed by atoms with van der Waals surface area (Å²) in [5, 5.41) is 13.2. The van der Waals surface area contributed by atoms with E-state index in [1.807, 2.05) is 31.2 Å². The smallest absolute Gasteiger partial charge is 0.356 e. The lowest BCUT2D eigenvalue weighted by Gasteiger charge is -2.08. The number of benzene rings is 1. The maximum atomic E-state index is 11.0. The summed E-state index contributed by atoms with van der Waals surface area (Å²) in [7, 11) is 0. The Morgan fingerprint density at radius 3 is 2.55 bits per heavy atom. The summed E-state index contributed by atoms with van der Waals surface area (Å²) in [6, 6.07) is 9.10. The molecule has 1 aromatic heterocycles. The molecule has 0 bridgehead atoms. The van der Waals surface area contributed by atoms with Crippen LogP contribution in [-0.2, 0) is 6.42 Å². The first-order valence-corrected chi connectivity index (χ1v) is 6.71. The highest BCUT2D eigenvalue weighted by atomic mass is 16.5. The Balaban J connectivity index is 2.36. The van der Waals surface area contributed by atoms with E-state index in [0.29, 0.717) is 6.61 Å². The molecular weight excluding hydrogens is 256 g/mol. The first-order chi connectivity index (χ1) is 9.65. The number of aromatic carboxylic acids is 1. The third-order valence-corrected chi connectivity index (χ3v) is 2.90. The van der Waals surface area contributed by atoms with E-state index in [4.69, 9.17) is 9.84 Å². The third kappa shape index (κ3) is 2.99. The summed E-state index contributed by atoms with van der Waals surface area (Å²) in [6.07, 6.45) is 1.72. The number of carboxylic acid groups (broad SMARTS) is 1. The second-order valence-electron chi connectivity index (χ2n) is 4.41. The monoisotopic (exact) mass is 274 g/mol. The zero-order chi connectivity index (χ0) is 14.5. The van der Waals surface area contributed by atoms with Gasteiger partial charge < -0.3 is 9.84 Å². The van der Waals surface area contributed by atoms with Gasteiger partial charge in [0, 0.05) is 5.69 Å². The van der Waals surface area contributed by atoms with Crippen molar-refractivity contribution in [3.05, 3.63) is 41.7 Å². The van der Waals surface area contributed by atoms with Gasteiger partial charge in [0.2, 0.25) is 0 Å². The van der Waals surface area contributed by atoms with Gasteiger partial charge in [-0.15, -0.1) is 0 Å². The second-order valence-corrected chi connectivity index (χ2v) is 4.41. The lowest BCUT2D eigenvalue weighted by Crippen LogP contribution is -2.04. The van der Waals surface area contributed by atoms with E-state index in [1.54, 1.807) is 10.7 Å². The van der Waals surface area contributed by atoms with Crippen molar-refractivity contribution in [2.75, 3.05) is 6.61 Å². The van der Waals surface area contributed by atoms with Gasteiger partial charge in [0.05, 0.1) is 12.3 Å². The molecule has 1 N–H and O–H groups in total. The SMILES string of the molecule is CCCc1cc(C(=O)O)nn1-c1ccc(OCC)cc1. The van der Waals surface area contributed by atoms with Crippen molar-refractivity contribution < 1.29 is 14.6 Å². The van der Waals surface area contributed by atoms with Crippen molar-refractivity contribution in [2.45, 2.75) is 26.7 Å². The number of aromatic nitrogens is 2. The lowest BCUT2D eigenvalue weighted by atomic mass is 10.2. The van der Waals surface area contributed by atoms with E-state index in [-0.39, 0.29) is 5.69 Å². The minimum atomic E-state index is -1.01. The fourth-order valence-electron chi connectivity index (χ4n) is 2.03. The summed E-state index contributed by atoms with van der Waals surface area (Å²) in [5.41, 5.74) is 1.81. The molecule has 0 aliphatic carbocycles. The van der Waals surface area contributed by atoms with Crippen molar-refractivity contribution in [3.8, 4) is 11.4 Å². The summed E-state index contributed by atoms with van der Waals surface area (Å²) in [5.74, 6) is -0.217. The summed E-state index contributed by atoms with van der Waals surface area (Å²) >= 11 is 0. The molecule has 20 heavy (non-hydrogen) atoms. The molecule has 5 heteroatoms. The van der Waals surface area contributed by atoms with Crippen LogP contribution in [0.5, 0.6) is 5.75 Å². The van der Waals surface area contributed by atoms with Crippen LogP contribution in [0.3, 0.4) is 0 Å². The molecule has 2 rings (SSSR count). The first-order valence-electron chi connectivity index (χ1n) is 6.71. The van der Waals surface area contributed by atoms with E-state index in [0.717, 1.165) is 30.0 Å². The average Bonchev–Trinajstić information content (AvgIpc) is 2.85. The summed E-state index contributed by atoms with van der Waals surface area (Å²) < 4.78 is 7.08. The largest absolute Gasteiger partial charge is 0.494 e. The van der Waals surface area contributed by atoms with Crippen molar-refractivity contribution in [1.82, 2.24) is 9.78 Å². The Morgan fingerprint density at radius 1 is 1.30 bits per heavy atom. The van der Waals surface area contributed by atoms with E-state index >= 15 is 0 Å². The quantitative estimate of drug-likeness (QED) is 0.879. The predicted molar refractivity (Wildman–Crippen MR) is 75.7 cm³/mol. The van der Waals surface area contributed by atoms with Crippen LogP contribution in [0, 0.1) is 0 Å². The van der Waals surface area contributed by atoms with Gasteiger partial charge >= 0.3 is 5.97 Å². The number of nitrogens with zero attached hydrogens (tertiary/aromatic N) is 2. The van der Waals surface area contributed by atoms with Gasteiger partial charge in [-0.25, -0.2) is 9.48 Å². The third-order valence-electron chi connectivity index (χ3n) is 2.90. The minimum absolute atomic E-state index is 0.0716. The normalized spacial score (nSPS) is 10.5. The molecule has 0 saturated carbocycles. The number of hydrogen-bond donors (Lipinski definition) is 1. The predicted octanol–water partition coefficient (Wildman–Crippen LogP) is 2.92. The van der Waals surface area contributed by atoms with Crippen LogP contribution in [0.2, 0.25) is 0 Å². The van der Waals surface area contributed by atoms with Gasteiger partial charge in [-0.05, 0) is 43.7 Å². The van der Waals surface area contributed by atoms with Crippen LogP contribution in [0.25, 0.3) is 5.69 Å². The van der Waals surface area contributed by atoms with Crippen LogP contribution in [0.4, 0.5) is 0 Å². The molecule has 5 nitrogen and oxygen atoms in total. The molecule has 0 spiro atoms. The zero-order valence-corrected chi connectivity index (χ0v) is 11.7.